The topological polar surface area (TPSA) is 134 Å². The Balaban J connectivity index is 1.27. The first-order valence-electron chi connectivity index (χ1n) is 11.3. The molecule has 4 aromatic rings. The Morgan fingerprint density at radius 2 is 2.09 bits per heavy atom. The van der Waals surface area contributed by atoms with Crippen LogP contribution in [0.5, 0.6) is 0 Å². The number of thiophene rings is 1. The molecule has 0 aliphatic carbocycles. The summed E-state index contributed by atoms with van der Waals surface area (Å²) in [5.74, 6) is 0.846. The fraction of sp³-hybridized carbons (Fsp3) is 0.391. The summed E-state index contributed by atoms with van der Waals surface area (Å²) in [4.78, 5) is 26.3. The molecule has 5 rings (SSSR count). The van der Waals surface area contributed by atoms with E-state index >= 15 is 0 Å². The summed E-state index contributed by atoms with van der Waals surface area (Å²) < 4.78 is 33.3. The van der Waals surface area contributed by atoms with Gasteiger partial charge in [-0.25, -0.2) is 13.4 Å². The van der Waals surface area contributed by atoms with Crippen LogP contribution in [0.4, 0.5) is 0 Å². The molecule has 0 spiro atoms. The van der Waals surface area contributed by atoms with Crippen LogP contribution in [0.3, 0.4) is 0 Å². The Kier molecular flexibility index (Phi) is 6.20. The second kappa shape index (κ2) is 9.17. The van der Waals surface area contributed by atoms with Gasteiger partial charge in [0.05, 0.1) is 33.3 Å². The van der Waals surface area contributed by atoms with Gasteiger partial charge in [0.2, 0.25) is 27.6 Å². The highest BCUT2D eigenvalue weighted by atomic mass is 32.2. The number of benzene rings is 1. The molecule has 1 atom stereocenters. The van der Waals surface area contributed by atoms with Gasteiger partial charge in [0.25, 0.3) is 0 Å². The largest absolute Gasteiger partial charge is 0.349 e. The lowest BCUT2D eigenvalue weighted by Gasteiger charge is -2.31. The molecule has 1 aromatic carbocycles. The van der Waals surface area contributed by atoms with Gasteiger partial charge in [-0.1, -0.05) is 11.2 Å². The SMILES string of the molecule is Cc1ccc2nc(CNC(=O)[C@@H]3CCCN(S(=O)(=O)c4cc(-c5noc(C)n5)sc4C)C3)[nH]c2c1. The third-order valence-electron chi connectivity index (χ3n) is 6.11. The van der Waals surface area contributed by atoms with Gasteiger partial charge < -0.3 is 14.8 Å². The van der Waals surface area contributed by atoms with Crippen molar-refractivity contribution in [1.82, 2.24) is 29.7 Å². The minimum Gasteiger partial charge on any atom is -0.349 e. The molecule has 3 aromatic heterocycles. The van der Waals surface area contributed by atoms with E-state index in [1.807, 2.05) is 25.1 Å². The molecular weight excluding hydrogens is 488 g/mol. The molecule has 1 aliphatic rings. The number of sulfonamides is 1. The first-order chi connectivity index (χ1) is 16.7. The molecule has 1 saturated heterocycles. The Morgan fingerprint density at radius 1 is 1.26 bits per heavy atom. The summed E-state index contributed by atoms with van der Waals surface area (Å²) in [6.07, 6.45) is 1.24. The number of rotatable bonds is 6. The van der Waals surface area contributed by atoms with Gasteiger partial charge in [0, 0.05) is 24.9 Å². The number of H-pyrrole nitrogens is 1. The molecule has 0 unspecified atom stereocenters. The highest BCUT2D eigenvalue weighted by Gasteiger charge is 2.35. The second-order valence-electron chi connectivity index (χ2n) is 8.79. The normalized spacial score (nSPS) is 17.2. The van der Waals surface area contributed by atoms with Crippen molar-refractivity contribution in [3.8, 4) is 10.7 Å². The first-order valence-corrected chi connectivity index (χ1v) is 13.6. The number of amides is 1. The maximum Gasteiger partial charge on any atom is 0.244 e. The molecule has 1 fully saturated rings. The zero-order valence-corrected chi connectivity index (χ0v) is 21.3. The van der Waals surface area contributed by atoms with E-state index in [1.54, 1.807) is 19.9 Å². The smallest absolute Gasteiger partial charge is 0.244 e. The quantitative estimate of drug-likeness (QED) is 0.403. The molecule has 35 heavy (non-hydrogen) atoms. The number of hydrogen-bond acceptors (Lipinski definition) is 8. The van der Waals surface area contributed by atoms with E-state index in [-0.39, 0.29) is 23.9 Å². The van der Waals surface area contributed by atoms with Crippen molar-refractivity contribution in [3.63, 3.8) is 0 Å². The number of hydrogen-bond donors (Lipinski definition) is 2. The number of aromatic nitrogens is 4. The van der Waals surface area contributed by atoms with Gasteiger partial charge in [-0.2, -0.15) is 9.29 Å². The molecule has 0 bridgehead atoms. The standard InChI is InChI=1S/C23H26N6O4S2/c1-13-6-7-17-18(9-13)27-21(26-17)11-24-23(30)16-5-4-8-29(12-16)35(31,32)20-10-19(34-14(20)2)22-25-15(3)33-28-22/h6-7,9-10,16H,4-5,8,11-12H2,1-3H3,(H,24,30)(H,26,27)/t16-/m1/s1. The predicted molar refractivity (Wildman–Crippen MR) is 131 cm³/mol. The van der Waals surface area contributed by atoms with Crippen molar-refractivity contribution in [1.29, 1.82) is 0 Å². The van der Waals surface area contributed by atoms with Crippen LogP contribution in [0.15, 0.2) is 33.7 Å². The number of imidazole rings is 1. The third kappa shape index (κ3) is 4.73. The van der Waals surface area contributed by atoms with Crippen molar-refractivity contribution in [2.24, 2.45) is 5.92 Å². The fourth-order valence-corrected chi connectivity index (χ4v) is 7.33. The van der Waals surface area contributed by atoms with E-state index < -0.39 is 15.9 Å². The maximum atomic E-state index is 13.5. The van der Waals surface area contributed by atoms with Crippen LogP contribution in [-0.2, 0) is 21.4 Å². The van der Waals surface area contributed by atoms with Crippen LogP contribution in [0, 0.1) is 26.7 Å². The molecule has 0 radical (unpaired) electrons. The predicted octanol–water partition coefficient (Wildman–Crippen LogP) is 3.32. The van der Waals surface area contributed by atoms with Crippen molar-refractivity contribution in [2.45, 2.75) is 45.1 Å². The van der Waals surface area contributed by atoms with E-state index in [1.165, 1.54) is 15.6 Å². The summed E-state index contributed by atoms with van der Waals surface area (Å²) >= 11 is 1.31. The number of nitrogens with one attached hydrogen (secondary N) is 2. The van der Waals surface area contributed by atoms with Crippen LogP contribution >= 0.6 is 11.3 Å². The Hall–Kier alpha value is -3.09. The Labute approximate surface area is 206 Å². The molecule has 4 heterocycles. The zero-order chi connectivity index (χ0) is 24.7. The van der Waals surface area contributed by atoms with Crippen molar-refractivity contribution < 1.29 is 17.7 Å². The number of carbonyl (C=O) groups excluding carboxylic acids is 1. The van der Waals surface area contributed by atoms with Crippen LogP contribution in [0.25, 0.3) is 21.7 Å². The van der Waals surface area contributed by atoms with Gasteiger partial charge in [-0.05, 0) is 50.5 Å². The average molecular weight is 515 g/mol. The lowest BCUT2D eigenvalue weighted by Crippen LogP contribution is -2.45. The average Bonchev–Trinajstić information content (AvgIpc) is 3.55. The lowest BCUT2D eigenvalue weighted by molar-refractivity contribution is -0.126. The van der Waals surface area contributed by atoms with Gasteiger partial charge in [-0.15, -0.1) is 11.3 Å². The number of fused-ring (bicyclic) bond motifs is 1. The maximum absolute atomic E-state index is 13.5. The summed E-state index contributed by atoms with van der Waals surface area (Å²) in [5.41, 5.74) is 2.89. The molecule has 0 saturated carbocycles. The number of nitrogens with zero attached hydrogens (tertiary/aromatic N) is 4. The molecule has 1 amide bonds. The van der Waals surface area contributed by atoms with Crippen LogP contribution in [0.1, 0.15) is 35.0 Å². The van der Waals surface area contributed by atoms with Crippen molar-refractivity contribution >= 4 is 38.3 Å². The highest BCUT2D eigenvalue weighted by Crippen LogP contribution is 2.35. The molecule has 12 heteroatoms. The van der Waals surface area contributed by atoms with Gasteiger partial charge in [0.15, 0.2) is 0 Å². The monoisotopic (exact) mass is 514 g/mol. The molecule has 184 valence electrons. The summed E-state index contributed by atoms with van der Waals surface area (Å²) in [5, 5.41) is 6.81. The van der Waals surface area contributed by atoms with E-state index in [0.29, 0.717) is 46.7 Å². The second-order valence-corrected chi connectivity index (χ2v) is 12.0. The van der Waals surface area contributed by atoms with Crippen LogP contribution in [-0.4, -0.2) is 51.8 Å². The Bertz CT molecular complexity index is 1500. The first kappa shape index (κ1) is 23.6. The highest BCUT2D eigenvalue weighted by molar-refractivity contribution is 7.89. The van der Waals surface area contributed by atoms with E-state index in [9.17, 15) is 13.2 Å². The molecular formula is C23H26N6O4S2. The lowest BCUT2D eigenvalue weighted by atomic mass is 9.99. The minimum absolute atomic E-state index is 0.138. The van der Waals surface area contributed by atoms with Gasteiger partial charge in [-0.3, -0.25) is 4.79 Å². The molecule has 1 aliphatic heterocycles. The number of aryl methyl sites for hydroxylation is 3. The molecule has 10 nitrogen and oxygen atoms in total. The minimum atomic E-state index is -3.77. The summed E-state index contributed by atoms with van der Waals surface area (Å²) in [6.45, 7) is 6.22. The van der Waals surface area contributed by atoms with E-state index in [2.05, 4.69) is 25.4 Å². The fourth-order valence-electron chi connectivity index (χ4n) is 4.32. The number of carbonyl (C=O) groups is 1. The van der Waals surface area contributed by atoms with E-state index in [4.69, 9.17) is 4.52 Å². The summed E-state index contributed by atoms with van der Waals surface area (Å²) in [6, 6.07) is 7.53. The number of aromatic amines is 1. The van der Waals surface area contributed by atoms with Gasteiger partial charge in [0.1, 0.15) is 5.82 Å². The van der Waals surface area contributed by atoms with Crippen molar-refractivity contribution in [2.75, 3.05) is 13.1 Å². The van der Waals surface area contributed by atoms with Crippen molar-refractivity contribution in [3.05, 3.63) is 46.4 Å². The third-order valence-corrected chi connectivity index (χ3v) is 9.28. The number of piperidine rings is 1. The van der Waals surface area contributed by atoms with Crippen LogP contribution in [0.2, 0.25) is 0 Å². The van der Waals surface area contributed by atoms with Crippen LogP contribution < -0.4 is 5.32 Å². The van der Waals surface area contributed by atoms with Gasteiger partial charge >= 0.3 is 0 Å². The summed E-state index contributed by atoms with van der Waals surface area (Å²) in [7, 11) is -3.77. The molecule has 2 N–H and O–H groups in total. The van der Waals surface area contributed by atoms with E-state index in [0.717, 1.165) is 16.6 Å². The Morgan fingerprint density at radius 3 is 2.86 bits per heavy atom. The zero-order valence-electron chi connectivity index (χ0n) is 19.7.